The van der Waals surface area contributed by atoms with E-state index in [1.165, 1.54) is 12.1 Å². The smallest absolute Gasteiger partial charge is 0.352 e. The molecular weight excluding hydrogens is 507 g/mol. The predicted molar refractivity (Wildman–Crippen MR) is 131 cm³/mol. The first kappa shape index (κ1) is 27.1. The molecule has 1 aliphatic heterocycles. The van der Waals surface area contributed by atoms with E-state index >= 15 is 0 Å². The third-order valence-corrected chi connectivity index (χ3v) is 8.73. The van der Waals surface area contributed by atoms with E-state index in [4.69, 9.17) is 0 Å². The molecule has 1 saturated carbocycles. The number of rotatable bonds is 9. The summed E-state index contributed by atoms with van der Waals surface area (Å²) in [6, 6.07) is 12.9. The van der Waals surface area contributed by atoms with Crippen molar-refractivity contribution in [3.05, 3.63) is 65.7 Å². The van der Waals surface area contributed by atoms with Crippen molar-refractivity contribution < 1.29 is 31.2 Å². The number of amides is 2. The molecule has 2 aliphatic rings. The van der Waals surface area contributed by atoms with Crippen LogP contribution in [0.15, 0.2) is 59.5 Å². The van der Waals surface area contributed by atoms with Crippen molar-refractivity contribution in [1.82, 2.24) is 14.5 Å². The molecule has 200 valence electrons. The van der Waals surface area contributed by atoms with Crippen LogP contribution in [0.2, 0.25) is 0 Å². The Morgan fingerprint density at radius 2 is 1.57 bits per heavy atom. The monoisotopic (exact) mass is 537 g/mol. The zero-order chi connectivity index (χ0) is 26.6. The molecule has 0 spiro atoms. The summed E-state index contributed by atoms with van der Waals surface area (Å²) in [5.41, 5.74) is -0.461. The van der Waals surface area contributed by atoms with Crippen LogP contribution in [0.25, 0.3) is 0 Å². The predicted octanol–water partition coefficient (Wildman–Crippen LogP) is 3.95. The number of nitrogens with zero attached hydrogens (tertiary/aromatic N) is 2. The number of sulfonamides is 1. The highest BCUT2D eigenvalue weighted by atomic mass is 32.2. The summed E-state index contributed by atoms with van der Waals surface area (Å²) < 4.78 is 66.7. The fourth-order valence-electron chi connectivity index (χ4n) is 4.63. The van der Waals surface area contributed by atoms with Gasteiger partial charge in [-0.3, -0.25) is 9.59 Å². The van der Waals surface area contributed by atoms with Gasteiger partial charge in [0.2, 0.25) is 21.8 Å². The minimum Gasteiger partial charge on any atom is -0.352 e. The second-order valence-electron chi connectivity index (χ2n) is 9.47. The Kier molecular flexibility index (Phi) is 8.23. The van der Waals surface area contributed by atoms with Crippen LogP contribution in [0.4, 0.5) is 13.2 Å². The maximum atomic E-state index is 13.3. The lowest BCUT2D eigenvalue weighted by atomic mass is 10.0. The van der Waals surface area contributed by atoms with Gasteiger partial charge in [0.15, 0.2) is 0 Å². The standard InChI is InChI=1S/C26H30F3N3O4S/c27-26(28,29)20-6-4-5-19(17-20)18-30-24(33)11-12-25(34)31-15-13-22(14-16-31)32(21-9-10-21)37(35,36)23-7-2-1-3-8-23/h1-8,17,21-22H,9-16,18H2,(H,30,33). The molecule has 0 unspecified atom stereocenters. The maximum absolute atomic E-state index is 13.3. The van der Waals surface area contributed by atoms with Crippen molar-refractivity contribution in [2.45, 2.75) is 68.2 Å². The first-order valence-electron chi connectivity index (χ1n) is 12.3. The van der Waals surface area contributed by atoms with Gasteiger partial charge >= 0.3 is 6.18 Å². The van der Waals surface area contributed by atoms with Gasteiger partial charge in [-0.25, -0.2) is 8.42 Å². The van der Waals surface area contributed by atoms with E-state index in [-0.39, 0.29) is 42.3 Å². The first-order chi connectivity index (χ1) is 17.6. The van der Waals surface area contributed by atoms with E-state index in [2.05, 4.69) is 5.32 Å². The molecule has 37 heavy (non-hydrogen) atoms. The number of alkyl halides is 3. The number of nitrogens with one attached hydrogen (secondary N) is 1. The largest absolute Gasteiger partial charge is 0.416 e. The first-order valence-corrected chi connectivity index (χ1v) is 13.8. The van der Waals surface area contributed by atoms with Crippen LogP contribution in [-0.4, -0.2) is 54.6 Å². The van der Waals surface area contributed by atoms with Crippen molar-refractivity contribution in [1.29, 1.82) is 0 Å². The number of piperidine rings is 1. The van der Waals surface area contributed by atoms with Gasteiger partial charge in [-0.15, -0.1) is 0 Å². The van der Waals surface area contributed by atoms with Gasteiger partial charge in [0.05, 0.1) is 10.5 Å². The summed E-state index contributed by atoms with van der Waals surface area (Å²) in [6.45, 7) is 0.751. The molecule has 4 rings (SSSR count). The van der Waals surface area contributed by atoms with Crippen LogP contribution in [0.3, 0.4) is 0 Å². The molecule has 2 amide bonds. The van der Waals surface area contributed by atoms with E-state index in [0.717, 1.165) is 25.0 Å². The third kappa shape index (κ3) is 6.89. The van der Waals surface area contributed by atoms with E-state index in [1.54, 1.807) is 39.5 Å². The van der Waals surface area contributed by atoms with Crippen molar-refractivity contribution in [3.8, 4) is 0 Å². The van der Waals surface area contributed by atoms with Crippen LogP contribution >= 0.6 is 0 Å². The Bertz CT molecular complexity index is 1210. The number of carbonyl (C=O) groups excluding carboxylic acids is 2. The van der Waals surface area contributed by atoms with Crippen LogP contribution < -0.4 is 5.32 Å². The van der Waals surface area contributed by atoms with Gasteiger partial charge in [0.25, 0.3) is 0 Å². The van der Waals surface area contributed by atoms with Crippen LogP contribution in [0.1, 0.15) is 49.7 Å². The molecule has 1 heterocycles. The Morgan fingerprint density at radius 3 is 2.19 bits per heavy atom. The highest BCUT2D eigenvalue weighted by molar-refractivity contribution is 7.89. The molecular formula is C26H30F3N3O4S. The fraction of sp³-hybridized carbons (Fsp3) is 0.462. The molecule has 2 fully saturated rings. The van der Waals surface area contributed by atoms with Gasteiger partial charge < -0.3 is 10.2 Å². The molecule has 0 radical (unpaired) electrons. The van der Waals surface area contributed by atoms with Gasteiger partial charge in [-0.2, -0.15) is 17.5 Å². The number of likely N-dealkylation sites (tertiary alicyclic amines) is 1. The summed E-state index contributed by atoms with van der Waals surface area (Å²) in [7, 11) is -3.62. The van der Waals surface area contributed by atoms with Crippen LogP contribution in [0, 0.1) is 0 Å². The zero-order valence-electron chi connectivity index (χ0n) is 20.3. The van der Waals surface area contributed by atoms with E-state index in [9.17, 15) is 31.2 Å². The van der Waals surface area contributed by atoms with Gasteiger partial charge in [-0.05, 0) is 55.5 Å². The second kappa shape index (κ2) is 11.2. The molecule has 0 bridgehead atoms. The summed E-state index contributed by atoms with van der Waals surface area (Å²) in [5, 5.41) is 2.56. The summed E-state index contributed by atoms with van der Waals surface area (Å²) >= 11 is 0. The quantitative estimate of drug-likeness (QED) is 0.525. The Morgan fingerprint density at radius 1 is 0.919 bits per heavy atom. The maximum Gasteiger partial charge on any atom is 0.416 e. The number of hydrogen-bond acceptors (Lipinski definition) is 4. The zero-order valence-corrected chi connectivity index (χ0v) is 21.1. The summed E-state index contributed by atoms with van der Waals surface area (Å²) in [4.78, 5) is 26.8. The average Bonchev–Trinajstić information content (AvgIpc) is 3.71. The van der Waals surface area contributed by atoms with Crippen LogP contribution in [0.5, 0.6) is 0 Å². The lowest BCUT2D eigenvalue weighted by molar-refractivity contribution is -0.137. The number of carbonyl (C=O) groups is 2. The Labute approximate surface area is 214 Å². The Hall–Kier alpha value is -2.92. The number of hydrogen-bond donors (Lipinski definition) is 1. The molecule has 2 aromatic rings. The molecule has 1 aliphatic carbocycles. The van der Waals surface area contributed by atoms with Crippen molar-refractivity contribution in [2.24, 2.45) is 0 Å². The fourth-order valence-corrected chi connectivity index (χ4v) is 6.58. The van der Waals surface area contributed by atoms with Gasteiger partial charge in [-0.1, -0.05) is 30.3 Å². The van der Waals surface area contributed by atoms with E-state index in [1.807, 2.05) is 0 Å². The molecule has 1 N–H and O–H groups in total. The molecule has 0 atom stereocenters. The molecule has 7 nitrogen and oxygen atoms in total. The molecule has 2 aromatic carbocycles. The number of benzene rings is 2. The molecule has 1 saturated heterocycles. The third-order valence-electron chi connectivity index (χ3n) is 6.71. The lowest BCUT2D eigenvalue weighted by Gasteiger charge is -2.38. The number of halogens is 3. The summed E-state index contributed by atoms with van der Waals surface area (Å²) in [5.74, 6) is -0.619. The minimum atomic E-state index is -4.46. The highest BCUT2D eigenvalue weighted by Crippen LogP contribution is 2.36. The van der Waals surface area contributed by atoms with Crippen molar-refractivity contribution >= 4 is 21.8 Å². The Balaban J connectivity index is 1.24. The molecule has 11 heteroatoms. The second-order valence-corrected chi connectivity index (χ2v) is 11.3. The average molecular weight is 538 g/mol. The highest BCUT2D eigenvalue weighted by Gasteiger charge is 2.43. The van der Waals surface area contributed by atoms with E-state index in [0.29, 0.717) is 31.5 Å². The van der Waals surface area contributed by atoms with Gasteiger partial charge in [0, 0.05) is 44.6 Å². The molecule has 0 aromatic heterocycles. The summed E-state index contributed by atoms with van der Waals surface area (Å²) in [6.07, 6.45) is -1.84. The van der Waals surface area contributed by atoms with Gasteiger partial charge in [0.1, 0.15) is 0 Å². The topological polar surface area (TPSA) is 86.8 Å². The minimum absolute atomic E-state index is 0.00187. The van der Waals surface area contributed by atoms with Crippen LogP contribution in [-0.2, 0) is 32.3 Å². The normalized spacial score (nSPS) is 17.1. The lowest BCUT2D eigenvalue weighted by Crippen LogP contribution is -2.49. The van der Waals surface area contributed by atoms with Crippen molar-refractivity contribution in [3.63, 3.8) is 0 Å². The SMILES string of the molecule is O=C(CCC(=O)N1CCC(N(C2CC2)S(=O)(=O)c2ccccc2)CC1)NCc1cccc(C(F)(F)F)c1. The van der Waals surface area contributed by atoms with E-state index < -0.39 is 27.7 Å². The van der Waals surface area contributed by atoms with Crippen molar-refractivity contribution in [2.75, 3.05) is 13.1 Å².